The van der Waals surface area contributed by atoms with Crippen molar-refractivity contribution in [3.05, 3.63) is 58.4 Å². The Bertz CT molecular complexity index is 722. The van der Waals surface area contributed by atoms with E-state index in [0.717, 1.165) is 11.8 Å². The van der Waals surface area contributed by atoms with Gasteiger partial charge in [0.2, 0.25) is 0 Å². The molecule has 3 rings (SSSR count). The first kappa shape index (κ1) is 17.5. The highest BCUT2D eigenvalue weighted by Gasteiger charge is 2.38. The van der Waals surface area contributed by atoms with Gasteiger partial charge in [0.05, 0.1) is 17.0 Å². The van der Waals surface area contributed by atoms with Crippen LogP contribution in [0.3, 0.4) is 0 Å². The van der Waals surface area contributed by atoms with Gasteiger partial charge in [0.15, 0.2) is 0 Å². The Morgan fingerprint density at radius 2 is 2.04 bits per heavy atom. The van der Waals surface area contributed by atoms with Gasteiger partial charge in [-0.05, 0) is 25.3 Å². The average molecular weight is 350 g/mol. The molecule has 3 atom stereocenters. The molecule has 0 bridgehead atoms. The van der Waals surface area contributed by atoms with Gasteiger partial charge in [0.1, 0.15) is 12.4 Å². The SMILES string of the molecule is C[C@H](c1ccccc1)N1CCC(n2cc([N+](=O)[O-])cn2)C[C@@H]1C(F)F. The third kappa shape index (κ3) is 3.68. The molecule has 2 aromatic rings. The van der Waals surface area contributed by atoms with Crippen LogP contribution in [-0.2, 0) is 0 Å². The molecule has 0 radical (unpaired) electrons. The summed E-state index contributed by atoms with van der Waals surface area (Å²) in [5, 5.41) is 14.8. The Hall–Kier alpha value is -2.35. The van der Waals surface area contributed by atoms with E-state index in [4.69, 9.17) is 0 Å². The van der Waals surface area contributed by atoms with E-state index in [1.165, 1.54) is 10.9 Å². The van der Waals surface area contributed by atoms with Crippen LogP contribution < -0.4 is 0 Å². The molecule has 1 aliphatic rings. The van der Waals surface area contributed by atoms with E-state index in [-0.39, 0.29) is 24.2 Å². The molecule has 134 valence electrons. The van der Waals surface area contributed by atoms with E-state index < -0.39 is 17.4 Å². The summed E-state index contributed by atoms with van der Waals surface area (Å²) >= 11 is 0. The minimum absolute atomic E-state index is 0.117. The molecule has 1 fully saturated rings. The van der Waals surface area contributed by atoms with Gasteiger partial charge in [0.25, 0.3) is 6.43 Å². The zero-order valence-corrected chi connectivity index (χ0v) is 13.8. The Morgan fingerprint density at radius 1 is 1.32 bits per heavy atom. The first-order valence-corrected chi connectivity index (χ1v) is 8.24. The zero-order valence-electron chi connectivity index (χ0n) is 13.8. The Balaban J connectivity index is 1.77. The highest BCUT2D eigenvalue weighted by Crippen LogP contribution is 2.35. The number of benzene rings is 1. The fourth-order valence-electron chi connectivity index (χ4n) is 3.51. The fraction of sp³-hybridized carbons (Fsp3) is 0.471. The topological polar surface area (TPSA) is 64.2 Å². The second-order valence-electron chi connectivity index (χ2n) is 6.34. The Labute approximate surface area is 144 Å². The molecule has 0 amide bonds. The van der Waals surface area contributed by atoms with Gasteiger partial charge in [-0.15, -0.1) is 0 Å². The van der Waals surface area contributed by atoms with Crippen molar-refractivity contribution in [1.29, 1.82) is 0 Å². The van der Waals surface area contributed by atoms with Crippen molar-refractivity contribution < 1.29 is 13.7 Å². The predicted octanol–water partition coefficient (Wildman–Crippen LogP) is 3.82. The van der Waals surface area contributed by atoms with E-state index in [9.17, 15) is 18.9 Å². The summed E-state index contributed by atoms with van der Waals surface area (Å²) in [6.45, 7) is 2.42. The molecule has 1 aromatic heterocycles. The molecule has 25 heavy (non-hydrogen) atoms. The maximum Gasteiger partial charge on any atom is 0.307 e. The van der Waals surface area contributed by atoms with Gasteiger partial charge in [-0.3, -0.25) is 19.7 Å². The summed E-state index contributed by atoms with van der Waals surface area (Å²) in [7, 11) is 0. The van der Waals surface area contributed by atoms with Crippen LogP contribution >= 0.6 is 0 Å². The molecular formula is C17H20F2N4O2. The van der Waals surface area contributed by atoms with Crippen LogP contribution in [0.2, 0.25) is 0 Å². The summed E-state index contributed by atoms with van der Waals surface area (Å²) < 4.78 is 28.8. The number of hydrogen-bond donors (Lipinski definition) is 0. The molecule has 0 N–H and O–H groups in total. The van der Waals surface area contributed by atoms with Crippen LogP contribution in [0.25, 0.3) is 0 Å². The van der Waals surface area contributed by atoms with Crippen molar-refractivity contribution in [3.8, 4) is 0 Å². The van der Waals surface area contributed by atoms with Crippen LogP contribution in [0.15, 0.2) is 42.7 Å². The maximum absolute atomic E-state index is 13.7. The second-order valence-corrected chi connectivity index (χ2v) is 6.34. The minimum atomic E-state index is -2.49. The summed E-state index contributed by atoms with van der Waals surface area (Å²) in [5.41, 5.74) is 0.884. The monoisotopic (exact) mass is 350 g/mol. The van der Waals surface area contributed by atoms with Crippen molar-refractivity contribution in [2.24, 2.45) is 0 Å². The number of halogens is 2. The van der Waals surface area contributed by atoms with Gasteiger partial charge < -0.3 is 0 Å². The van der Waals surface area contributed by atoms with Crippen molar-refractivity contribution in [3.63, 3.8) is 0 Å². The van der Waals surface area contributed by atoms with Gasteiger partial charge in [-0.25, -0.2) is 8.78 Å². The van der Waals surface area contributed by atoms with Crippen LogP contribution in [0.4, 0.5) is 14.5 Å². The molecule has 8 heteroatoms. The quantitative estimate of drug-likeness (QED) is 0.607. The lowest BCUT2D eigenvalue weighted by molar-refractivity contribution is -0.385. The smallest absolute Gasteiger partial charge is 0.288 e. The highest BCUT2D eigenvalue weighted by atomic mass is 19.3. The maximum atomic E-state index is 13.7. The standard InChI is InChI=1S/C17H20F2N4O2/c1-12(13-5-3-2-4-6-13)21-8-7-14(9-16(21)17(18)19)22-11-15(10-20-22)23(24)25/h2-6,10-12,14,16-17H,7-9H2,1H3/t12-,14?,16-/m1/s1. The number of alkyl halides is 2. The lowest BCUT2D eigenvalue weighted by Gasteiger charge is -2.42. The lowest BCUT2D eigenvalue weighted by atomic mass is 9.94. The molecule has 1 unspecified atom stereocenters. The van der Waals surface area contributed by atoms with Crippen molar-refractivity contribution >= 4 is 5.69 Å². The van der Waals surface area contributed by atoms with E-state index in [2.05, 4.69) is 5.10 Å². The molecule has 1 aliphatic heterocycles. The van der Waals surface area contributed by atoms with Crippen molar-refractivity contribution in [2.75, 3.05) is 6.54 Å². The minimum Gasteiger partial charge on any atom is -0.288 e. The normalized spacial score (nSPS) is 22.9. The first-order chi connectivity index (χ1) is 12.0. The number of piperidine rings is 1. The summed E-state index contributed by atoms with van der Waals surface area (Å²) in [6, 6.07) is 8.30. The van der Waals surface area contributed by atoms with Crippen molar-refractivity contribution in [1.82, 2.24) is 14.7 Å². The number of aromatic nitrogens is 2. The number of nitrogens with zero attached hydrogens (tertiary/aromatic N) is 4. The molecule has 1 aromatic carbocycles. The molecule has 2 heterocycles. The van der Waals surface area contributed by atoms with Crippen LogP contribution in [0, 0.1) is 10.1 Å². The molecule has 0 aliphatic carbocycles. The number of nitro groups is 1. The second kappa shape index (κ2) is 7.26. The molecule has 1 saturated heterocycles. The van der Waals surface area contributed by atoms with Gasteiger partial charge in [-0.1, -0.05) is 30.3 Å². The lowest BCUT2D eigenvalue weighted by Crippen LogP contribution is -2.48. The highest BCUT2D eigenvalue weighted by molar-refractivity contribution is 5.21. The fourth-order valence-corrected chi connectivity index (χ4v) is 3.51. The van der Waals surface area contributed by atoms with E-state index in [1.807, 2.05) is 42.2 Å². The van der Waals surface area contributed by atoms with E-state index in [1.54, 1.807) is 0 Å². The van der Waals surface area contributed by atoms with Gasteiger partial charge >= 0.3 is 5.69 Å². The van der Waals surface area contributed by atoms with Crippen molar-refractivity contribution in [2.45, 2.75) is 44.3 Å². The third-order valence-corrected chi connectivity index (χ3v) is 4.90. The van der Waals surface area contributed by atoms with E-state index in [0.29, 0.717) is 13.0 Å². The molecule has 6 nitrogen and oxygen atoms in total. The van der Waals surface area contributed by atoms with Gasteiger partial charge in [0, 0.05) is 12.6 Å². The van der Waals surface area contributed by atoms with Crippen LogP contribution in [0.1, 0.15) is 37.4 Å². The van der Waals surface area contributed by atoms with E-state index >= 15 is 0 Å². The number of likely N-dealkylation sites (tertiary alicyclic amines) is 1. The molecule has 0 spiro atoms. The number of rotatable bonds is 5. The summed E-state index contributed by atoms with van der Waals surface area (Å²) in [5.74, 6) is 0. The zero-order chi connectivity index (χ0) is 18.0. The molecule has 0 saturated carbocycles. The predicted molar refractivity (Wildman–Crippen MR) is 88.5 cm³/mol. The number of hydrogen-bond acceptors (Lipinski definition) is 4. The van der Waals surface area contributed by atoms with Crippen LogP contribution in [-0.4, -0.2) is 38.6 Å². The Morgan fingerprint density at radius 3 is 2.64 bits per heavy atom. The first-order valence-electron chi connectivity index (χ1n) is 8.24. The van der Waals surface area contributed by atoms with Crippen LogP contribution in [0.5, 0.6) is 0 Å². The molecular weight excluding hydrogens is 330 g/mol. The average Bonchev–Trinajstić information content (AvgIpc) is 3.12. The summed E-state index contributed by atoms with van der Waals surface area (Å²) in [6.07, 6.45) is 0.840. The van der Waals surface area contributed by atoms with Gasteiger partial charge in [-0.2, -0.15) is 5.10 Å². The largest absolute Gasteiger partial charge is 0.307 e. The summed E-state index contributed by atoms with van der Waals surface area (Å²) in [4.78, 5) is 12.1. The Kier molecular flexibility index (Phi) is 5.08. The third-order valence-electron chi connectivity index (χ3n) is 4.90.